The number of oxazole rings is 1. The molecule has 3 heterocycles. The van der Waals surface area contributed by atoms with Crippen LogP contribution in [0.1, 0.15) is 54.7 Å². The van der Waals surface area contributed by atoms with Gasteiger partial charge in [-0.25, -0.2) is 4.98 Å². The molecule has 0 aromatic carbocycles. The fourth-order valence-electron chi connectivity index (χ4n) is 3.94. The number of hydrogen-bond donors (Lipinski definition) is 1. The lowest BCUT2D eigenvalue weighted by Crippen LogP contribution is -2.61. The highest BCUT2D eigenvalue weighted by atomic mass is 16.4. The van der Waals surface area contributed by atoms with E-state index in [0.29, 0.717) is 23.9 Å². The van der Waals surface area contributed by atoms with Gasteiger partial charge in [0.25, 0.3) is 5.91 Å². The summed E-state index contributed by atoms with van der Waals surface area (Å²) in [7, 11) is 0. The van der Waals surface area contributed by atoms with Gasteiger partial charge in [-0.05, 0) is 39.5 Å². The molecule has 6 nitrogen and oxygen atoms in total. The van der Waals surface area contributed by atoms with E-state index >= 15 is 0 Å². The molecule has 0 bridgehead atoms. The first-order valence-electron chi connectivity index (χ1n) is 7.99. The smallest absolute Gasteiger partial charge is 0.291 e. The van der Waals surface area contributed by atoms with Gasteiger partial charge in [-0.2, -0.15) is 0 Å². The van der Waals surface area contributed by atoms with Crippen LogP contribution in [0.25, 0.3) is 0 Å². The van der Waals surface area contributed by atoms with Crippen LogP contribution in [0.2, 0.25) is 0 Å². The van der Waals surface area contributed by atoms with Gasteiger partial charge >= 0.3 is 0 Å². The molecule has 2 amide bonds. The molecular weight excluding hydrogens is 282 g/mol. The Kier molecular flexibility index (Phi) is 3.70. The Morgan fingerprint density at radius 3 is 2.73 bits per heavy atom. The van der Waals surface area contributed by atoms with E-state index < -0.39 is 5.41 Å². The van der Waals surface area contributed by atoms with E-state index in [4.69, 9.17) is 4.42 Å². The molecule has 2 saturated heterocycles. The lowest BCUT2D eigenvalue weighted by molar-refractivity contribution is -0.140. The molecule has 2 atom stereocenters. The topological polar surface area (TPSA) is 75.4 Å². The van der Waals surface area contributed by atoms with Crippen molar-refractivity contribution in [3.8, 4) is 0 Å². The third kappa shape index (κ3) is 2.21. The number of amides is 2. The summed E-state index contributed by atoms with van der Waals surface area (Å²) in [6.07, 6.45) is 3.50. The Bertz CT molecular complexity index is 606. The Labute approximate surface area is 130 Å². The van der Waals surface area contributed by atoms with Gasteiger partial charge < -0.3 is 14.6 Å². The molecule has 2 aliphatic rings. The van der Waals surface area contributed by atoms with Gasteiger partial charge in [0.1, 0.15) is 0 Å². The van der Waals surface area contributed by atoms with E-state index in [9.17, 15) is 9.59 Å². The first-order valence-corrected chi connectivity index (χ1v) is 7.99. The molecule has 120 valence electrons. The van der Waals surface area contributed by atoms with E-state index in [1.807, 2.05) is 6.92 Å². The third-order valence-electron chi connectivity index (χ3n) is 5.19. The van der Waals surface area contributed by atoms with E-state index in [2.05, 4.69) is 10.3 Å². The molecule has 22 heavy (non-hydrogen) atoms. The average molecular weight is 305 g/mol. The van der Waals surface area contributed by atoms with E-state index in [1.54, 1.807) is 18.7 Å². The van der Waals surface area contributed by atoms with Crippen molar-refractivity contribution in [2.75, 3.05) is 13.1 Å². The van der Waals surface area contributed by atoms with Crippen LogP contribution in [0.15, 0.2) is 4.42 Å². The van der Waals surface area contributed by atoms with Gasteiger partial charge in [0.2, 0.25) is 11.7 Å². The lowest BCUT2D eigenvalue weighted by Gasteiger charge is -2.49. The summed E-state index contributed by atoms with van der Waals surface area (Å²) in [4.78, 5) is 31.3. The maximum Gasteiger partial charge on any atom is 0.291 e. The molecule has 1 aromatic rings. The minimum Gasteiger partial charge on any atom is -0.436 e. The second-order valence-corrected chi connectivity index (χ2v) is 6.44. The van der Waals surface area contributed by atoms with Crippen molar-refractivity contribution >= 4 is 11.8 Å². The van der Waals surface area contributed by atoms with Crippen molar-refractivity contribution in [2.24, 2.45) is 5.41 Å². The normalized spacial score (nSPS) is 28.8. The Morgan fingerprint density at radius 1 is 1.36 bits per heavy atom. The number of nitrogens with zero attached hydrogens (tertiary/aromatic N) is 2. The van der Waals surface area contributed by atoms with Gasteiger partial charge in [0, 0.05) is 26.1 Å². The number of aryl methyl sites for hydroxylation is 2. The van der Waals surface area contributed by atoms with E-state index in [0.717, 1.165) is 32.2 Å². The number of carbonyl (C=O) groups is 2. The predicted octanol–water partition coefficient (Wildman–Crippen LogP) is 1.81. The van der Waals surface area contributed by atoms with Crippen LogP contribution in [0.3, 0.4) is 0 Å². The number of nitrogens with one attached hydrogen (secondary N) is 1. The largest absolute Gasteiger partial charge is 0.436 e. The quantitative estimate of drug-likeness (QED) is 0.858. The monoisotopic (exact) mass is 305 g/mol. The molecule has 0 radical (unpaired) electrons. The number of hydrogen-bond acceptors (Lipinski definition) is 4. The van der Waals surface area contributed by atoms with Crippen LogP contribution >= 0.6 is 0 Å². The van der Waals surface area contributed by atoms with Gasteiger partial charge in [0.15, 0.2) is 5.89 Å². The molecular formula is C16H23N3O3. The zero-order valence-corrected chi connectivity index (χ0v) is 13.4. The van der Waals surface area contributed by atoms with Gasteiger partial charge in [-0.3, -0.25) is 9.59 Å². The van der Waals surface area contributed by atoms with Gasteiger partial charge in [-0.1, -0.05) is 0 Å². The lowest BCUT2D eigenvalue weighted by atomic mass is 9.68. The summed E-state index contributed by atoms with van der Waals surface area (Å²) < 4.78 is 5.48. The molecule has 1 spiro atoms. The molecule has 3 rings (SSSR count). The average Bonchev–Trinajstić information content (AvgIpc) is 2.83. The SMILES string of the molecule is Cc1nc(C)c(C(=O)N2CCC[C@@]3(CCCNC3=O)[C@H]2C)o1. The molecule has 0 unspecified atom stereocenters. The Balaban J connectivity index is 1.89. The molecule has 6 heteroatoms. The van der Waals surface area contributed by atoms with Crippen molar-refractivity contribution in [3.63, 3.8) is 0 Å². The van der Waals surface area contributed by atoms with Crippen molar-refractivity contribution in [1.82, 2.24) is 15.2 Å². The van der Waals surface area contributed by atoms with Gasteiger partial charge in [-0.15, -0.1) is 0 Å². The van der Waals surface area contributed by atoms with Gasteiger partial charge in [0.05, 0.1) is 11.1 Å². The Hall–Kier alpha value is -1.85. The van der Waals surface area contributed by atoms with Crippen LogP contribution in [-0.2, 0) is 4.79 Å². The van der Waals surface area contributed by atoms with Crippen LogP contribution < -0.4 is 5.32 Å². The highest BCUT2D eigenvalue weighted by Crippen LogP contribution is 2.42. The number of carbonyl (C=O) groups excluding carboxylic acids is 2. The minimum atomic E-state index is -0.449. The molecule has 1 N–H and O–H groups in total. The highest BCUT2D eigenvalue weighted by molar-refractivity contribution is 5.94. The number of likely N-dealkylation sites (tertiary alicyclic amines) is 1. The zero-order valence-electron chi connectivity index (χ0n) is 13.4. The molecule has 0 saturated carbocycles. The summed E-state index contributed by atoms with van der Waals surface area (Å²) in [5.74, 6) is 0.741. The van der Waals surface area contributed by atoms with Crippen LogP contribution in [0, 0.1) is 19.3 Å². The number of aromatic nitrogens is 1. The first kappa shape index (κ1) is 15.1. The Morgan fingerprint density at radius 2 is 2.09 bits per heavy atom. The summed E-state index contributed by atoms with van der Waals surface area (Å²) in [6.45, 7) is 6.90. The van der Waals surface area contributed by atoms with Crippen molar-refractivity contribution in [3.05, 3.63) is 17.3 Å². The molecule has 0 aliphatic carbocycles. The molecule has 1 aromatic heterocycles. The second-order valence-electron chi connectivity index (χ2n) is 6.44. The van der Waals surface area contributed by atoms with Crippen molar-refractivity contribution < 1.29 is 14.0 Å². The zero-order chi connectivity index (χ0) is 15.9. The summed E-state index contributed by atoms with van der Waals surface area (Å²) >= 11 is 0. The first-order chi connectivity index (χ1) is 10.5. The molecule has 2 fully saturated rings. The van der Waals surface area contributed by atoms with Crippen LogP contribution in [0.5, 0.6) is 0 Å². The summed E-state index contributed by atoms with van der Waals surface area (Å²) in [5, 5.41) is 2.98. The standard InChI is InChI=1S/C16H23N3O3/c1-10-13(22-12(3)18-10)14(20)19-9-5-7-16(11(19)2)6-4-8-17-15(16)21/h11H,4-9H2,1-3H3,(H,17,21)/t11-,16+/m1/s1. The maximum atomic E-state index is 12.8. The van der Waals surface area contributed by atoms with Crippen LogP contribution in [-0.4, -0.2) is 40.8 Å². The minimum absolute atomic E-state index is 0.0919. The van der Waals surface area contributed by atoms with E-state index in [-0.39, 0.29) is 17.9 Å². The fraction of sp³-hybridized carbons (Fsp3) is 0.688. The van der Waals surface area contributed by atoms with Crippen LogP contribution in [0.4, 0.5) is 0 Å². The second kappa shape index (κ2) is 5.41. The van der Waals surface area contributed by atoms with Crippen molar-refractivity contribution in [1.29, 1.82) is 0 Å². The highest BCUT2D eigenvalue weighted by Gasteiger charge is 2.50. The van der Waals surface area contributed by atoms with Crippen molar-refractivity contribution in [2.45, 2.75) is 52.5 Å². The third-order valence-corrected chi connectivity index (χ3v) is 5.19. The number of piperidine rings is 2. The summed E-state index contributed by atoms with van der Waals surface area (Å²) in [5.41, 5.74) is 0.164. The molecule has 2 aliphatic heterocycles. The van der Waals surface area contributed by atoms with E-state index in [1.165, 1.54) is 0 Å². The fourth-order valence-corrected chi connectivity index (χ4v) is 3.94. The predicted molar refractivity (Wildman–Crippen MR) is 80.4 cm³/mol. The number of rotatable bonds is 1. The maximum absolute atomic E-state index is 12.8. The summed E-state index contributed by atoms with van der Waals surface area (Å²) in [6, 6.07) is -0.126.